The van der Waals surface area contributed by atoms with Crippen molar-refractivity contribution in [3.05, 3.63) is 35.0 Å². The summed E-state index contributed by atoms with van der Waals surface area (Å²) in [5.41, 5.74) is 3.62. The zero-order valence-corrected chi connectivity index (χ0v) is 13.1. The molecule has 1 aromatic carbocycles. The lowest BCUT2D eigenvalue weighted by atomic mass is 10.1. The predicted molar refractivity (Wildman–Crippen MR) is 85.0 cm³/mol. The van der Waals surface area contributed by atoms with Crippen molar-refractivity contribution in [2.75, 3.05) is 26.8 Å². The Morgan fingerprint density at radius 3 is 2.68 bits per heavy atom. The second-order valence-corrected chi connectivity index (χ2v) is 5.25. The Bertz CT molecular complexity index is 691. The molecule has 0 radical (unpaired) electrons. The number of carbonyl (C=O) groups is 2. The van der Waals surface area contributed by atoms with Crippen LogP contribution >= 0.6 is 0 Å². The fourth-order valence-electron chi connectivity index (χ4n) is 2.33. The fraction of sp³-hybridized carbons (Fsp3) is 0.375. The van der Waals surface area contributed by atoms with Crippen LogP contribution in [0.5, 0.6) is 0 Å². The van der Waals surface area contributed by atoms with Gasteiger partial charge in [-0.3, -0.25) is 9.59 Å². The quantitative estimate of drug-likeness (QED) is 0.703. The second kappa shape index (κ2) is 7.09. The minimum atomic E-state index is -0.296. The molecule has 0 saturated heterocycles. The van der Waals surface area contributed by atoms with E-state index in [-0.39, 0.29) is 18.4 Å². The summed E-state index contributed by atoms with van der Waals surface area (Å²) < 4.78 is 4.83. The molecule has 0 unspecified atom stereocenters. The summed E-state index contributed by atoms with van der Waals surface area (Å²) in [4.78, 5) is 26.7. The van der Waals surface area contributed by atoms with Gasteiger partial charge in [-0.25, -0.2) is 0 Å². The van der Waals surface area contributed by atoms with Crippen molar-refractivity contribution >= 4 is 22.7 Å². The number of aryl methyl sites for hydroxylation is 2. The Morgan fingerprint density at radius 2 is 1.95 bits per heavy atom. The summed E-state index contributed by atoms with van der Waals surface area (Å²) in [5, 5.41) is 6.26. The van der Waals surface area contributed by atoms with Crippen LogP contribution in [-0.2, 0) is 9.53 Å². The van der Waals surface area contributed by atoms with E-state index in [1.54, 1.807) is 7.11 Å². The summed E-state index contributed by atoms with van der Waals surface area (Å²) in [6.07, 6.45) is 0. The Kier molecular flexibility index (Phi) is 5.16. The molecule has 0 atom stereocenters. The van der Waals surface area contributed by atoms with Crippen molar-refractivity contribution in [2.45, 2.75) is 13.8 Å². The molecule has 1 heterocycles. The number of aromatic amines is 1. The molecule has 118 valence electrons. The highest BCUT2D eigenvalue weighted by molar-refractivity contribution is 6.00. The maximum Gasteiger partial charge on any atom is 0.268 e. The fourth-order valence-corrected chi connectivity index (χ4v) is 2.33. The van der Waals surface area contributed by atoms with Gasteiger partial charge in [0.25, 0.3) is 5.91 Å². The molecular formula is C16H21N3O3. The van der Waals surface area contributed by atoms with Crippen LogP contribution in [0.3, 0.4) is 0 Å². The Hall–Kier alpha value is -2.34. The molecule has 2 rings (SSSR count). The van der Waals surface area contributed by atoms with Gasteiger partial charge in [-0.15, -0.1) is 0 Å². The second-order valence-electron chi connectivity index (χ2n) is 5.25. The van der Waals surface area contributed by atoms with E-state index < -0.39 is 0 Å². The van der Waals surface area contributed by atoms with E-state index in [4.69, 9.17) is 4.74 Å². The molecule has 22 heavy (non-hydrogen) atoms. The van der Waals surface area contributed by atoms with Crippen LogP contribution in [0.1, 0.15) is 21.6 Å². The van der Waals surface area contributed by atoms with E-state index in [1.165, 1.54) is 0 Å². The average molecular weight is 303 g/mol. The number of fused-ring (bicyclic) bond motifs is 1. The van der Waals surface area contributed by atoms with Crippen molar-refractivity contribution in [3.8, 4) is 0 Å². The number of hydrogen-bond acceptors (Lipinski definition) is 3. The maximum absolute atomic E-state index is 12.1. The number of amides is 2. The lowest BCUT2D eigenvalue weighted by Gasteiger charge is -2.05. The summed E-state index contributed by atoms with van der Waals surface area (Å²) in [5.74, 6) is -0.538. The molecule has 6 nitrogen and oxygen atoms in total. The van der Waals surface area contributed by atoms with Crippen LogP contribution < -0.4 is 10.6 Å². The SMILES string of the molecule is COCCNC(=O)CNC(=O)c1cc2c(C)cc(C)cc2[nH]1. The van der Waals surface area contributed by atoms with Gasteiger partial charge in [-0.1, -0.05) is 6.07 Å². The van der Waals surface area contributed by atoms with Gasteiger partial charge in [0.05, 0.1) is 13.2 Å². The molecule has 3 N–H and O–H groups in total. The molecule has 0 aliphatic rings. The minimum Gasteiger partial charge on any atom is -0.383 e. The molecule has 0 fully saturated rings. The minimum absolute atomic E-state index is 0.0596. The number of H-pyrrole nitrogens is 1. The first-order valence-electron chi connectivity index (χ1n) is 7.15. The van der Waals surface area contributed by atoms with Crippen LogP contribution in [0.15, 0.2) is 18.2 Å². The first kappa shape index (κ1) is 16.0. The Labute approximate surface area is 129 Å². The van der Waals surface area contributed by atoms with Crippen LogP contribution in [-0.4, -0.2) is 43.6 Å². The Morgan fingerprint density at radius 1 is 1.18 bits per heavy atom. The number of ether oxygens (including phenoxy) is 1. The van der Waals surface area contributed by atoms with Crippen LogP contribution in [0.4, 0.5) is 0 Å². The number of methoxy groups -OCH3 is 1. The van der Waals surface area contributed by atoms with Crippen molar-refractivity contribution in [3.63, 3.8) is 0 Å². The van der Waals surface area contributed by atoms with Crippen molar-refractivity contribution < 1.29 is 14.3 Å². The number of nitrogens with one attached hydrogen (secondary N) is 3. The zero-order chi connectivity index (χ0) is 16.1. The standard InChI is InChI=1S/C16H21N3O3/c1-10-6-11(2)12-8-14(19-13(12)7-10)16(21)18-9-15(20)17-4-5-22-3/h6-8,19H,4-5,9H2,1-3H3,(H,17,20)(H,18,21). The van der Waals surface area contributed by atoms with Gasteiger partial charge in [0.1, 0.15) is 5.69 Å². The van der Waals surface area contributed by atoms with Gasteiger partial charge in [0.2, 0.25) is 5.91 Å². The monoisotopic (exact) mass is 303 g/mol. The van der Waals surface area contributed by atoms with Crippen LogP contribution in [0.25, 0.3) is 10.9 Å². The molecule has 2 amide bonds. The van der Waals surface area contributed by atoms with Gasteiger partial charge in [0.15, 0.2) is 0 Å². The van der Waals surface area contributed by atoms with Gasteiger partial charge in [-0.2, -0.15) is 0 Å². The Balaban J connectivity index is 1.98. The maximum atomic E-state index is 12.1. The van der Waals surface area contributed by atoms with E-state index in [1.807, 2.05) is 26.0 Å². The smallest absolute Gasteiger partial charge is 0.268 e. The van der Waals surface area contributed by atoms with E-state index in [2.05, 4.69) is 21.7 Å². The third-order valence-corrected chi connectivity index (χ3v) is 3.37. The summed E-state index contributed by atoms with van der Waals surface area (Å²) in [7, 11) is 1.56. The molecule has 6 heteroatoms. The first-order valence-corrected chi connectivity index (χ1v) is 7.15. The highest BCUT2D eigenvalue weighted by atomic mass is 16.5. The summed E-state index contributed by atoms with van der Waals surface area (Å²) in [6.45, 7) is 4.83. The molecule has 2 aromatic rings. The molecule has 1 aromatic heterocycles. The number of benzene rings is 1. The number of rotatable bonds is 6. The van der Waals surface area contributed by atoms with Crippen LogP contribution in [0.2, 0.25) is 0 Å². The van der Waals surface area contributed by atoms with Gasteiger partial charge in [-0.05, 0) is 37.1 Å². The van der Waals surface area contributed by atoms with E-state index >= 15 is 0 Å². The van der Waals surface area contributed by atoms with Crippen molar-refractivity contribution in [1.82, 2.24) is 15.6 Å². The zero-order valence-electron chi connectivity index (χ0n) is 13.1. The van der Waals surface area contributed by atoms with Crippen LogP contribution in [0, 0.1) is 13.8 Å². The van der Waals surface area contributed by atoms with Crippen molar-refractivity contribution in [2.24, 2.45) is 0 Å². The molecule has 0 spiro atoms. The highest BCUT2D eigenvalue weighted by Gasteiger charge is 2.12. The van der Waals surface area contributed by atoms with E-state index in [0.29, 0.717) is 18.8 Å². The van der Waals surface area contributed by atoms with E-state index in [9.17, 15) is 9.59 Å². The number of hydrogen-bond donors (Lipinski definition) is 3. The van der Waals surface area contributed by atoms with Gasteiger partial charge >= 0.3 is 0 Å². The largest absolute Gasteiger partial charge is 0.383 e. The molecule has 0 aliphatic heterocycles. The van der Waals surface area contributed by atoms with Gasteiger partial charge < -0.3 is 20.4 Å². The molecular weight excluding hydrogens is 282 g/mol. The normalized spacial score (nSPS) is 10.7. The summed E-state index contributed by atoms with van der Waals surface area (Å²) >= 11 is 0. The first-order chi connectivity index (χ1) is 10.5. The lowest BCUT2D eigenvalue weighted by Crippen LogP contribution is -2.38. The number of carbonyl (C=O) groups excluding carboxylic acids is 2. The topological polar surface area (TPSA) is 83.2 Å². The molecule has 0 aliphatic carbocycles. The van der Waals surface area contributed by atoms with Gasteiger partial charge in [0, 0.05) is 24.6 Å². The predicted octanol–water partition coefficient (Wildman–Crippen LogP) is 1.28. The number of aromatic nitrogens is 1. The average Bonchev–Trinajstić information content (AvgIpc) is 2.89. The highest BCUT2D eigenvalue weighted by Crippen LogP contribution is 2.21. The van der Waals surface area contributed by atoms with Crippen molar-refractivity contribution in [1.29, 1.82) is 0 Å². The third-order valence-electron chi connectivity index (χ3n) is 3.37. The van der Waals surface area contributed by atoms with E-state index in [0.717, 1.165) is 22.0 Å². The lowest BCUT2D eigenvalue weighted by molar-refractivity contribution is -0.120. The summed E-state index contributed by atoms with van der Waals surface area (Å²) in [6, 6.07) is 5.87. The molecule has 0 bridgehead atoms. The molecule has 0 saturated carbocycles. The third kappa shape index (κ3) is 3.85.